The van der Waals surface area contributed by atoms with Crippen molar-refractivity contribution in [2.75, 3.05) is 5.75 Å². The zero-order valence-electron chi connectivity index (χ0n) is 11.4. The minimum atomic E-state index is -1.65. The highest BCUT2D eigenvalue weighted by atomic mass is 79.9. The lowest BCUT2D eigenvalue weighted by molar-refractivity contribution is 0.564. The summed E-state index contributed by atoms with van der Waals surface area (Å²) >= 11 is 1.74. The number of nitrogens with zero attached hydrogens (tertiary/aromatic N) is 3. The van der Waals surface area contributed by atoms with E-state index in [9.17, 15) is 4.21 Å². The first-order valence-electron chi connectivity index (χ1n) is 6.31. The van der Waals surface area contributed by atoms with Crippen LogP contribution in [-0.4, -0.2) is 9.96 Å². The Morgan fingerprint density at radius 3 is 2.32 bits per heavy atom. The molecule has 0 heterocycles. The van der Waals surface area contributed by atoms with Gasteiger partial charge in [0.2, 0.25) is 11.1 Å². The molecule has 112 valence electrons. The number of rotatable bonds is 6. The number of halogens is 1. The second-order valence-corrected chi connectivity index (χ2v) is 6.02. The Morgan fingerprint density at radius 2 is 1.73 bits per heavy atom. The van der Waals surface area contributed by atoms with Gasteiger partial charge in [-0.3, -0.25) is 0 Å². The van der Waals surface area contributed by atoms with E-state index in [4.69, 9.17) is 9.71 Å². The van der Waals surface area contributed by atoms with Gasteiger partial charge in [-0.2, -0.15) is 0 Å². The molecule has 0 saturated carbocycles. The fraction of sp³-hybridized carbons (Fsp3) is 0.0667. The van der Waals surface area contributed by atoms with E-state index in [1.165, 1.54) is 0 Å². The van der Waals surface area contributed by atoms with Gasteiger partial charge in [-0.25, -0.2) is 4.21 Å². The Hall–Kier alpha value is -2.08. The van der Waals surface area contributed by atoms with Crippen molar-refractivity contribution in [2.45, 2.75) is 0 Å². The summed E-state index contributed by atoms with van der Waals surface area (Å²) in [6, 6.07) is 18.2. The molecule has 1 unspecified atom stereocenters. The molecule has 0 amide bonds. The Labute approximate surface area is 139 Å². The highest BCUT2D eigenvalue weighted by molar-refractivity contribution is 9.15. The van der Waals surface area contributed by atoms with Gasteiger partial charge in [0, 0.05) is 15.1 Å². The highest BCUT2D eigenvalue weighted by Gasteiger charge is 2.11. The van der Waals surface area contributed by atoms with Crippen LogP contribution in [0.1, 0.15) is 5.56 Å². The molecule has 2 aromatic rings. The molecule has 5 nitrogen and oxygen atoms in total. The summed E-state index contributed by atoms with van der Waals surface area (Å²) in [5.74, 6) is 0.478. The number of hydrogen-bond acceptors (Lipinski definition) is 3. The van der Waals surface area contributed by atoms with Crippen LogP contribution in [0.15, 0.2) is 71.5 Å². The highest BCUT2D eigenvalue weighted by Crippen LogP contribution is 2.26. The van der Waals surface area contributed by atoms with E-state index in [2.05, 4.69) is 26.0 Å². The predicted octanol–water partition coefficient (Wildman–Crippen LogP) is 4.80. The maximum absolute atomic E-state index is 12.1. The Morgan fingerprint density at radius 1 is 1.14 bits per heavy atom. The van der Waals surface area contributed by atoms with E-state index < -0.39 is 11.1 Å². The van der Waals surface area contributed by atoms with E-state index in [0.29, 0.717) is 15.9 Å². The summed E-state index contributed by atoms with van der Waals surface area (Å²) in [6.45, 7) is 0. The van der Waals surface area contributed by atoms with Gasteiger partial charge in [0.25, 0.3) is 0 Å². The molecule has 0 saturated heterocycles. The zero-order chi connectivity index (χ0) is 15.8. The summed E-state index contributed by atoms with van der Waals surface area (Å²) in [5.41, 5.74) is 9.86. The van der Waals surface area contributed by atoms with Gasteiger partial charge < -0.3 is 4.18 Å². The third-order valence-corrected chi connectivity index (χ3v) is 4.44. The Bertz CT molecular complexity index is 729. The SMILES string of the molecule is [N-]=[N+]=N/C(CS(=O)Oc1ccccc1)=C(\Br)c1ccccc1. The molecule has 0 fully saturated rings. The normalized spacial score (nSPS) is 12.8. The lowest BCUT2D eigenvalue weighted by Gasteiger charge is -2.07. The smallest absolute Gasteiger partial charge is 0.210 e. The average molecular weight is 378 g/mol. The molecular formula is C15H12BrN3O2S. The maximum Gasteiger partial charge on any atom is 0.210 e. The van der Waals surface area contributed by atoms with E-state index in [1.54, 1.807) is 24.3 Å². The van der Waals surface area contributed by atoms with Crippen LogP contribution in [-0.2, 0) is 11.1 Å². The van der Waals surface area contributed by atoms with Gasteiger partial charge in [-0.05, 0) is 23.2 Å². The van der Waals surface area contributed by atoms with Crippen molar-refractivity contribution in [1.82, 2.24) is 0 Å². The van der Waals surface area contributed by atoms with Crippen molar-refractivity contribution in [2.24, 2.45) is 5.11 Å². The van der Waals surface area contributed by atoms with E-state index in [-0.39, 0.29) is 5.75 Å². The molecule has 0 aliphatic heterocycles. The quantitative estimate of drug-likeness (QED) is 0.411. The van der Waals surface area contributed by atoms with Crippen LogP contribution in [0.5, 0.6) is 5.75 Å². The second-order valence-electron chi connectivity index (χ2n) is 4.16. The van der Waals surface area contributed by atoms with Crippen LogP contribution in [0.25, 0.3) is 14.9 Å². The zero-order valence-corrected chi connectivity index (χ0v) is 13.8. The molecule has 2 aromatic carbocycles. The van der Waals surface area contributed by atoms with Crippen LogP contribution in [0.2, 0.25) is 0 Å². The van der Waals surface area contributed by atoms with E-state index >= 15 is 0 Å². The molecule has 1 atom stereocenters. The van der Waals surface area contributed by atoms with Crippen molar-refractivity contribution in [3.05, 3.63) is 82.4 Å². The lowest BCUT2D eigenvalue weighted by Crippen LogP contribution is -2.07. The molecule has 0 bridgehead atoms. The summed E-state index contributed by atoms with van der Waals surface area (Å²) in [4.78, 5) is 2.79. The summed E-state index contributed by atoms with van der Waals surface area (Å²) in [5, 5.41) is 3.62. The fourth-order valence-electron chi connectivity index (χ4n) is 1.67. The lowest BCUT2D eigenvalue weighted by atomic mass is 10.2. The first-order chi connectivity index (χ1) is 10.7. The van der Waals surface area contributed by atoms with Crippen LogP contribution in [0.4, 0.5) is 0 Å². The average Bonchev–Trinajstić information content (AvgIpc) is 2.55. The van der Waals surface area contributed by atoms with Crippen LogP contribution < -0.4 is 4.18 Å². The molecule has 0 aromatic heterocycles. The van der Waals surface area contributed by atoms with Crippen molar-refractivity contribution < 1.29 is 8.39 Å². The summed E-state index contributed by atoms with van der Waals surface area (Å²) < 4.78 is 18.0. The third-order valence-electron chi connectivity index (χ3n) is 2.63. The molecule has 7 heteroatoms. The van der Waals surface area contributed by atoms with Gasteiger partial charge in [-0.1, -0.05) is 69.6 Å². The molecule has 0 aliphatic carbocycles. The summed E-state index contributed by atoms with van der Waals surface area (Å²) in [7, 11) is 0. The molecule has 0 aliphatic rings. The molecule has 2 rings (SSSR count). The molecule has 0 radical (unpaired) electrons. The predicted molar refractivity (Wildman–Crippen MR) is 91.5 cm³/mol. The maximum atomic E-state index is 12.1. The first kappa shape index (κ1) is 16.3. The number of benzene rings is 2. The third kappa shape index (κ3) is 4.73. The molecule has 0 spiro atoms. The van der Waals surface area contributed by atoms with Crippen LogP contribution in [0.3, 0.4) is 0 Å². The van der Waals surface area contributed by atoms with Gasteiger partial charge in [0.15, 0.2) is 0 Å². The van der Waals surface area contributed by atoms with Gasteiger partial charge in [-0.15, -0.1) is 0 Å². The second kappa shape index (κ2) is 8.38. The van der Waals surface area contributed by atoms with Crippen molar-refractivity contribution >= 4 is 31.5 Å². The van der Waals surface area contributed by atoms with Crippen molar-refractivity contribution in [3.8, 4) is 5.75 Å². The fourth-order valence-corrected chi connectivity index (χ4v) is 3.15. The number of hydrogen-bond donors (Lipinski definition) is 0. The van der Waals surface area contributed by atoms with Gasteiger partial charge in [0.1, 0.15) is 5.75 Å². The Balaban J connectivity index is 2.19. The topological polar surface area (TPSA) is 75.1 Å². The number of para-hydroxylation sites is 1. The monoisotopic (exact) mass is 377 g/mol. The minimum Gasteiger partial charge on any atom is -0.400 e. The molecule has 0 N–H and O–H groups in total. The minimum absolute atomic E-state index is 0.0194. The standard InChI is InChI=1S/C15H12BrN3O2S/c16-15(12-7-3-1-4-8-12)14(18-19-17)11-22(20)21-13-9-5-2-6-10-13/h1-10H,11H2/b15-14-. The van der Waals surface area contributed by atoms with E-state index in [1.807, 2.05) is 36.4 Å². The van der Waals surface area contributed by atoms with Crippen molar-refractivity contribution in [3.63, 3.8) is 0 Å². The van der Waals surface area contributed by atoms with Crippen LogP contribution in [0, 0.1) is 0 Å². The first-order valence-corrected chi connectivity index (χ1v) is 8.35. The largest absolute Gasteiger partial charge is 0.400 e. The van der Waals surface area contributed by atoms with Gasteiger partial charge in [0.05, 0.1) is 5.75 Å². The van der Waals surface area contributed by atoms with E-state index in [0.717, 1.165) is 5.56 Å². The summed E-state index contributed by atoms with van der Waals surface area (Å²) in [6.07, 6.45) is 0. The Kier molecular flexibility index (Phi) is 6.21. The molecule has 22 heavy (non-hydrogen) atoms. The molecular weight excluding hydrogens is 366 g/mol. The van der Waals surface area contributed by atoms with Crippen molar-refractivity contribution in [1.29, 1.82) is 0 Å². The van der Waals surface area contributed by atoms with Crippen LogP contribution >= 0.6 is 15.9 Å². The van der Waals surface area contributed by atoms with Gasteiger partial charge >= 0.3 is 0 Å². The number of azide groups is 1.